The Bertz CT molecular complexity index is 1000. The summed E-state index contributed by atoms with van der Waals surface area (Å²) in [6, 6.07) is 7.73. The third kappa shape index (κ3) is 4.28. The van der Waals surface area contributed by atoms with Gasteiger partial charge in [-0.1, -0.05) is 21.1 Å². The lowest BCUT2D eigenvalue weighted by Gasteiger charge is -2.24. The Morgan fingerprint density at radius 3 is 2.93 bits per heavy atom. The Hall–Kier alpha value is -2.45. The van der Waals surface area contributed by atoms with E-state index in [0.29, 0.717) is 44.5 Å². The van der Waals surface area contributed by atoms with Gasteiger partial charge in [0.2, 0.25) is 5.91 Å². The average Bonchev–Trinajstić information content (AvgIpc) is 3.33. The number of aromatic nitrogens is 3. The number of carbonyl (C=O) groups is 1. The van der Waals surface area contributed by atoms with Crippen LogP contribution in [0.4, 0.5) is 0 Å². The highest BCUT2D eigenvalue weighted by Gasteiger charge is 2.35. The average molecular weight is 459 g/mol. The number of likely N-dealkylation sites (tertiary alicyclic amines) is 1. The third-order valence-corrected chi connectivity index (χ3v) is 5.97. The fourth-order valence-electron chi connectivity index (χ4n) is 3.77. The number of benzene rings is 1. The fourth-order valence-corrected chi connectivity index (χ4v) is 4.25. The van der Waals surface area contributed by atoms with Crippen LogP contribution in [0, 0.1) is 6.92 Å². The first kappa shape index (κ1) is 19.8. The highest BCUT2D eigenvalue weighted by molar-refractivity contribution is 9.10. The number of carbonyl (C=O) groups excluding carboxylic acids is 1. The van der Waals surface area contributed by atoms with E-state index >= 15 is 0 Å². The molecule has 7 nitrogen and oxygen atoms in total. The molecule has 3 heterocycles. The number of aryl methyl sites for hydroxylation is 1. The number of hydrogen-bond acceptors (Lipinski definition) is 5. The summed E-state index contributed by atoms with van der Waals surface area (Å²) in [6.45, 7) is 3.11. The number of amides is 1. The van der Waals surface area contributed by atoms with Crippen molar-refractivity contribution in [2.24, 2.45) is 0 Å². The highest BCUT2D eigenvalue weighted by Crippen LogP contribution is 2.32. The van der Waals surface area contributed by atoms with Crippen molar-refractivity contribution in [1.29, 1.82) is 0 Å². The smallest absolute Gasteiger partial charge is 0.227 e. The maximum Gasteiger partial charge on any atom is 0.227 e. The second-order valence-corrected chi connectivity index (χ2v) is 8.47. The monoisotopic (exact) mass is 458 g/mol. The van der Waals surface area contributed by atoms with Crippen LogP contribution in [0.5, 0.6) is 0 Å². The van der Waals surface area contributed by atoms with Crippen LogP contribution in [-0.4, -0.2) is 44.0 Å². The molecule has 1 aliphatic heterocycles. The number of furan rings is 1. The zero-order valence-corrected chi connectivity index (χ0v) is 17.8. The van der Waals surface area contributed by atoms with Crippen molar-refractivity contribution >= 4 is 21.8 Å². The van der Waals surface area contributed by atoms with Gasteiger partial charge in [-0.15, -0.1) is 5.10 Å². The molecule has 1 amide bonds. The van der Waals surface area contributed by atoms with Crippen LogP contribution in [0.1, 0.15) is 36.1 Å². The number of nitrogens with zero attached hydrogens (tertiary/aromatic N) is 4. The van der Waals surface area contributed by atoms with Crippen LogP contribution in [0.2, 0.25) is 0 Å². The molecule has 2 aromatic heterocycles. The van der Waals surface area contributed by atoms with Gasteiger partial charge in [0, 0.05) is 17.6 Å². The molecule has 1 fully saturated rings. The first-order valence-electron chi connectivity index (χ1n) is 9.65. The summed E-state index contributed by atoms with van der Waals surface area (Å²) in [5.41, 5.74) is 2.29. The number of rotatable bonds is 4. The molecule has 0 spiro atoms. The van der Waals surface area contributed by atoms with E-state index < -0.39 is 5.60 Å². The molecule has 0 saturated carbocycles. The van der Waals surface area contributed by atoms with E-state index in [0.717, 1.165) is 21.3 Å². The summed E-state index contributed by atoms with van der Waals surface area (Å²) in [5.74, 6) is 0.0461. The van der Waals surface area contributed by atoms with E-state index in [4.69, 9.17) is 4.42 Å². The Labute approximate surface area is 177 Å². The predicted molar refractivity (Wildman–Crippen MR) is 111 cm³/mol. The standard InChI is InChI=1S/C21H23BrN4O3/c1-15-11-17(22)3-4-18(15)26-13-19(23-24-26)21(28)6-2-8-25(9-7-21)20(27)12-16-5-10-29-14-16/h3-5,10-11,13-14,28H,2,6-9,12H2,1H3. The molecule has 8 heteroatoms. The number of aliphatic hydroxyl groups is 1. The molecule has 0 bridgehead atoms. The maximum atomic E-state index is 12.6. The van der Waals surface area contributed by atoms with Crippen molar-refractivity contribution in [3.8, 4) is 5.69 Å². The molecular weight excluding hydrogens is 436 g/mol. The summed E-state index contributed by atoms with van der Waals surface area (Å²) >= 11 is 3.47. The minimum absolute atomic E-state index is 0.0461. The van der Waals surface area contributed by atoms with Gasteiger partial charge < -0.3 is 14.4 Å². The summed E-state index contributed by atoms with van der Waals surface area (Å²) < 4.78 is 7.74. The first-order chi connectivity index (χ1) is 13.9. The second-order valence-electron chi connectivity index (χ2n) is 7.55. The van der Waals surface area contributed by atoms with Crippen molar-refractivity contribution in [2.45, 2.75) is 38.2 Å². The van der Waals surface area contributed by atoms with Gasteiger partial charge in [0.05, 0.1) is 30.8 Å². The van der Waals surface area contributed by atoms with E-state index in [9.17, 15) is 9.90 Å². The van der Waals surface area contributed by atoms with Crippen LogP contribution in [0.3, 0.4) is 0 Å². The lowest BCUT2D eigenvalue weighted by Crippen LogP contribution is -2.34. The molecule has 4 rings (SSSR count). The molecule has 1 atom stereocenters. The summed E-state index contributed by atoms with van der Waals surface area (Å²) in [4.78, 5) is 14.4. The van der Waals surface area contributed by atoms with Crippen molar-refractivity contribution in [3.05, 3.63) is 64.3 Å². The minimum Gasteiger partial charge on any atom is -0.472 e. The summed E-state index contributed by atoms with van der Waals surface area (Å²) in [5, 5.41) is 19.8. The lowest BCUT2D eigenvalue weighted by molar-refractivity contribution is -0.130. The molecule has 1 N–H and O–H groups in total. The van der Waals surface area contributed by atoms with Gasteiger partial charge in [-0.3, -0.25) is 4.79 Å². The summed E-state index contributed by atoms with van der Waals surface area (Å²) in [6.07, 6.45) is 6.95. The largest absolute Gasteiger partial charge is 0.472 e. The van der Waals surface area contributed by atoms with Gasteiger partial charge in [-0.05, 0) is 61.6 Å². The van der Waals surface area contributed by atoms with Crippen molar-refractivity contribution in [1.82, 2.24) is 19.9 Å². The van der Waals surface area contributed by atoms with Crippen LogP contribution in [0.15, 0.2) is 51.9 Å². The lowest BCUT2D eigenvalue weighted by atomic mass is 9.92. The van der Waals surface area contributed by atoms with Crippen LogP contribution < -0.4 is 0 Å². The van der Waals surface area contributed by atoms with E-state index in [2.05, 4.69) is 26.2 Å². The van der Waals surface area contributed by atoms with E-state index in [-0.39, 0.29) is 5.91 Å². The molecule has 1 aliphatic rings. The van der Waals surface area contributed by atoms with Crippen LogP contribution in [0.25, 0.3) is 5.69 Å². The van der Waals surface area contributed by atoms with Gasteiger partial charge in [0.15, 0.2) is 0 Å². The van der Waals surface area contributed by atoms with Crippen molar-refractivity contribution < 1.29 is 14.3 Å². The van der Waals surface area contributed by atoms with Gasteiger partial charge in [-0.2, -0.15) is 0 Å². The van der Waals surface area contributed by atoms with E-state index in [1.54, 1.807) is 29.5 Å². The van der Waals surface area contributed by atoms with Gasteiger partial charge in [0.25, 0.3) is 0 Å². The molecule has 1 saturated heterocycles. The summed E-state index contributed by atoms with van der Waals surface area (Å²) in [7, 11) is 0. The molecule has 1 unspecified atom stereocenters. The van der Waals surface area contributed by atoms with Gasteiger partial charge >= 0.3 is 0 Å². The SMILES string of the molecule is Cc1cc(Br)ccc1-n1cc(C2(O)CCCN(C(=O)Cc3ccoc3)CC2)nn1. The molecule has 0 radical (unpaired) electrons. The normalized spacial score (nSPS) is 19.9. The Balaban J connectivity index is 1.47. The van der Waals surface area contributed by atoms with E-state index in [1.807, 2.05) is 30.0 Å². The zero-order valence-electron chi connectivity index (χ0n) is 16.2. The fraction of sp³-hybridized carbons (Fsp3) is 0.381. The Morgan fingerprint density at radius 1 is 1.31 bits per heavy atom. The highest BCUT2D eigenvalue weighted by atomic mass is 79.9. The second kappa shape index (κ2) is 8.12. The first-order valence-corrected chi connectivity index (χ1v) is 10.4. The van der Waals surface area contributed by atoms with Crippen molar-refractivity contribution in [3.63, 3.8) is 0 Å². The molecule has 152 valence electrons. The quantitative estimate of drug-likeness (QED) is 0.647. The predicted octanol–water partition coefficient (Wildman–Crippen LogP) is 3.37. The van der Waals surface area contributed by atoms with Crippen LogP contribution in [-0.2, 0) is 16.8 Å². The van der Waals surface area contributed by atoms with Gasteiger partial charge in [0.1, 0.15) is 11.3 Å². The number of hydrogen-bond donors (Lipinski definition) is 1. The Morgan fingerprint density at radius 2 is 2.17 bits per heavy atom. The topological polar surface area (TPSA) is 84.4 Å². The number of halogens is 1. The molecule has 1 aromatic carbocycles. The zero-order chi connectivity index (χ0) is 20.4. The van der Waals surface area contributed by atoms with Crippen molar-refractivity contribution in [2.75, 3.05) is 13.1 Å². The minimum atomic E-state index is -1.09. The molecule has 0 aliphatic carbocycles. The maximum absolute atomic E-state index is 12.6. The van der Waals surface area contributed by atoms with E-state index in [1.165, 1.54) is 0 Å². The molecular formula is C21H23BrN4O3. The Kier molecular flexibility index (Phi) is 5.56. The van der Waals surface area contributed by atoms with Crippen LogP contribution >= 0.6 is 15.9 Å². The molecule has 29 heavy (non-hydrogen) atoms. The van der Waals surface area contributed by atoms with Gasteiger partial charge in [-0.25, -0.2) is 4.68 Å². The third-order valence-electron chi connectivity index (χ3n) is 5.48. The molecule has 3 aromatic rings.